The summed E-state index contributed by atoms with van der Waals surface area (Å²) in [6.45, 7) is 8.69. The SMILES string of the molecule is Cc1cc(F)ccc1Nc1nc(C)c(C)c(N2CCc3cc(F)ccc3C2C)n1. The number of rotatable bonds is 3. The Kier molecular flexibility index (Phi) is 4.94. The third-order valence-corrected chi connectivity index (χ3v) is 5.72. The summed E-state index contributed by atoms with van der Waals surface area (Å²) in [7, 11) is 0. The average Bonchev–Trinajstić information content (AvgIpc) is 2.67. The summed E-state index contributed by atoms with van der Waals surface area (Å²) >= 11 is 0. The van der Waals surface area contributed by atoms with Crippen molar-refractivity contribution in [2.75, 3.05) is 16.8 Å². The molecule has 6 heteroatoms. The van der Waals surface area contributed by atoms with Crippen LogP contribution in [-0.2, 0) is 6.42 Å². The topological polar surface area (TPSA) is 41.1 Å². The number of aryl methyl sites for hydroxylation is 2. The molecule has 2 aromatic carbocycles. The van der Waals surface area contributed by atoms with Crippen LogP contribution in [0.25, 0.3) is 0 Å². The van der Waals surface area contributed by atoms with Crippen molar-refractivity contribution in [2.45, 2.75) is 40.2 Å². The number of halogens is 2. The van der Waals surface area contributed by atoms with Crippen LogP contribution in [0.2, 0.25) is 0 Å². The van der Waals surface area contributed by atoms with Gasteiger partial charge in [-0.05, 0) is 81.1 Å². The quantitative estimate of drug-likeness (QED) is 0.633. The van der Waals surface area contributed by atoms with Crippen LogP contribution in [0.4, 0.5) is 26.2 Å². The molecule has 1 aliphatic heterocycles. The van der Waals surface area contributed by atoms with Crippen molar-refractivity contribution in [2.24, 2.45) is 0 Å². The average molecular weight is 394 g/mol. The van der Waals surface area contributed by atoms with Gasteiger partial charge in [-0.25, -0.2) is 13.8 Å². The largest absolute Gasteiger partial charge is 0.349 e. The molecule has 0 fully saturated rings. The number of nitrogens with one attached hydrogen (secondary N) is 1. The lowest BCUT2D eigenvalue weighted by Gasteiger charge is -2.37. The van der Waals surface area contributed by atoms with Crippen LogP contribution in [0, 0.1) is 32.4 Å². The van der Waals surface area contributed by atoms with Gasteiger partial charge in [-0.2, -0.15) is 4.98 Å². The molecule has 0 saturated heterocycles. The number of nitrogens with zero attached hydrogens (tertiary/aromatic N) is 3. The number of benzene rings is 2. The van der Waals surface area contributed by atoms with Crippen molar-refractivity contribution in [1.82, 2.24) is 9.97 Å². The molecule has 1 aromatic heterocycles. The first-order valence-corrected chi connectivity index (χ1v) is 9.77. The van der Waals surface area contributed by atoms with Crippen molar-refractivity contribution in [1.29, 1.82) is 0 Å². The van der Waals surface area contributed by atoms with Gasteiger partial charge in [0.2, 0.25) is 5.95 Å². The maximum atomic E-state index is 13.6. The number of anilines is 3. The van der Waals surface area contributed by atoms with E-state index < -0.39 is 0 Å². The summed E-state index contributed by atoms with van der Waals surface area (Å²) in [4.78, 5) is 11.6. The van der Waals surface area contributed by atoms with Gasteiger partial charge in [0.15, 0.2) is 0 Å². The molecule has 1 unspecified atom stereocenters. The zero-order valence-electron chi connectivity index (χ0n) is 17.1. The Bertz CT molecular complexity index is 1080. The van der Waals surface area contributed by atoms with Gasteiger partial charge in [-0.1, -0.05) is 6.07 Å². The van der Waals surface area contributed by atoms with Gasteiger partial charge in [-0.3, -0.25) is 0 Å². The van der Waals surface area contributed by atoms with E-state index in [1.807, 2.05) is 26.8 Å². The van der Waals surface area contributed by atoms with Gasteiger partial charge in [-0.15, -0.1) is 0 Å². The standard InChI is InChI=1S/C23H24F2N4/c1-13-11-18(24)6-8-21(13)27-23-26-15(3)14(2)22(28-23)29-10-9-17-12-19(25)5-7-20(17)16(29)4/h5-8,11-12,16H,9-10H2,1-4H3,(H,26,27,28). The van der Waals surface area contributed by atoms with E-state index in [2.05, 4.69) is 22.1 Å². The van der Waals surface area contributed by atoms with E-state index in [0.29, 0.717) is 5.95 Å². The second-order valence-corrected chi connectivity index (χ2v) is 7.63. The molecule has 0 radical (unpaired) electrons. The Morgan fingerprint density at radius 2 is 1.72 bits per heavy atom. The van der Waals surface area contributed by atoms with Crippen LogP contribution < -0.4 is 10.2 Å². The Morgan fingerprint density at radius 1 is 1.00 bits per heavy atom. The summed E-state index contributed by atoms with van der Waals surface area (Å²) < 4.78 is 27.0. The highest BCUT2D eigenvalue weighted by Gasteiger charge is 2.27. The van der Waals surface area contributed by atoms with Crippen LogP contribution in [0.1, 0.15) is 40.9 Å². The van der Waals surface area contributed by atoms with Gasteiger partial charge in [0.05, 0.1) is 6.04 Å². The summed E-state index contributed by atoms with van der Waals surface area (Å²) in [5.41, 5.74) is 5.64. The van der Waals surface area contributed by atoms with Gasteiger partial charge in [0.25, 0.3) is 0 Å². The molecule has 0 bridgehead atoms. The van der Waals surface area contributed by atoms with Crippen LogP contribution in [0.15, 0.2) is 36.4 Å². The maximum Gasteiger partial charge on any atom is 0.229 e. The van der Waals surface area contributed by atoms with E-state index in [9.17, 15) is 8.78 Å². The lowest BCUT2D eigenvalue weighted by atomic mass is 9.93. The molecule has 2 heterocycles. The van der Waals surface area contributed by atoms with Gasteiger partial charge < -0.3 is 10.2 Å². The molecule has 1 N–H and O–H groups in total. The van der Waals surface area contributed by atoms with Crippen LogP contribution in [0.3, 0.4) is 0 Å². The fraction of sp³-hybridized carbons (Fsp3) is 0.304. The monoisotopic (exact) mass is 394 g/mol. The van der Waals surface area contributed by atoms with Gasteiger partial charge >= 0.3 is 0 Å². The van der Waals surface area contributed by atoms with E-state index in [0.717, 1.165) is 52.4 Å². The first-order chi connectivity index (χ1) is 13.8. The van der Waals surface area contributed by atoms with Crippen molar-refractivity contribution >= 4 is 17.5 Å². The molecule has 29 heavy (non-hydrogen) atoms. The van der Waals surface area contributed by atoms with E-state index in [4.69, 9.17) is 4.98 Å². The summed E-state index contributed by atoms with van der Waals surface area (Å²) in [6.07, 6.45) is 0.764. The Labute approximate surface area is 169 Å². The van der Waals surface area contributed by atoms with Gasteiger partial charge in [0, 0.05) is 23.5 Å². The third kappa shape index (κ3) is 3.67. The van der Waals surface area contributed by atoms with E-state index in [-0.39, 0.29) is 17.7 Å². The molecular formula is C23H24F2N4. The van der Waals surface area contributed by atoms with E-state index in [1.165, 1.54) is 18.2 Å². The molecule has 0 spiro atoms. The Hall–Kier alpha value is -3.02. The normalized spacial score (nSPS) is 15.9. The predicted octanol–water partition coefficient (Wildman–Crippen LogP) is 5.55. The molecule has 1 atom stereocenters. The minimum absolute atomic E-state index is 0.0766. The first-order valence-electron chi connectivity index (χ1n) is 9.77. The lowest BCUT2D eigenvalue weighted by molar-refractivity contribution is 0.593. The molecule has 0 aliphatic carbocycles. The summed E-state index contributed by atoms with van der Waals surface area (Å²) in [6, 6.07) is 9.68. The molecule has 4 rings (SSSR count). The number of aromatic nitrogens is 2. The molecule has 150 valence electrons. The summed E-state index contributed by atoms with van der Waals surface area (Å²) in [5, 5.41) is 3.22. The highest BCUT2D eigenvalue weighted by Crippen LogP contribution is 2.35. The molecule has 1 aliphatic rings. The molecule has 3 aromatic rings. The summed E-state index contributed by atoms with van der Waals surface area (Å²) in [5.74, 6) is 0.878. The fourth-order valence-electron chi connectivity index (χ4n) is 3.93. The van der Waals surface area contributed by atoms with Crippen LogP contribution in [0.5, 0.6) is 0 Å². The van der Waals surface area contributed by atoms with Crippen molar-refractivity contribution in [3.8, 4) is 0 Å². The third-order valence-electron chi connectivity index (χ3n) is 5.72. The van der Waals surface area contributed by atoms with Crippen LogP contribution in [-0.4, -0.2) is 16.5 Å². The number of fused-ring (bicyclic) bond motifs is 1. The Balaban J connectivity index is 1.70. The molecule has 0 saturated carbocycles. The maximum absolute atomic E-state index is 13.6. The van der Waals surface area contributed by atoms with E-state index in [1.54, 1.807) is 12.1 Å². The van der Waals surface area contributed by atoms with Crippen LogP contribution >= 0.6 is 0 Å². The second-order valence-electron chi connectivity index (χ2n) is 7.63. The van der Waals surface area contributed by atoms with Crippen molar-refractivity contribution < 1.29 is 8.78 Å². The zero-order valence-corrected chi connectivity index (χ0v) is 17.1. The van der Waals surface area contributed by atoms with Crippen molar-refractivity contribution in [3.63, 3.8) is 0 Å². The minimum atomic E-state index is -0.271. The predicted molar refractivity (Wildman–Crippen MR) is 112 cm³/mol. The fourth-order valence-corrected chi connectivity index (χ4v) is 3.93. The smallest absolute Gasteiger partial charge is 0.229 e. The molecule has 4 nitrogen and oxygen atoms in total. The lowest BCUT2D eigenvalue weighted by Crippen LogP contribution is -2.35. The van der Waals surface area contributed by atoms with E-state index >= 15 is 0 Å². The zero-order chi connectivity index (χ0) is 20.7. The first kappa shape index (κ1) is 19.3. The minimum Gasteiger partial charge on any atom is -0.349 e. The highest BCUT2D eigenvalue weighted by molar-refractivity contribution is 5.62. The number of hydrogen-bond acceptors (Lipinski definition) is 4. The Morgan fingerprint density at radius 3 is 2.48 bits per heavy atom. The van der Waals surface area contributed by atoms with Gasteiger partial charge in [0.1, 0.15) is 17.5 Å². The van der Waals surface area contributed by atoms with Crippen molar-refractivity contribution in [3.05, 3.63) is 76.0 Å². The molecule has 0 amide bonds. The highest BCUT2D eigenvalue weighted by atomic mass is 19.1. The second kappa shape index (κ2) is 7.43. The number of hydrogen-bond donors (Lipinski definition) is 1. The molecular weight excluding hydrogens is 370 g/mol.